The van der Waals surface area contributed by atoms with E-state index in [2.05, 4.69) is 0 Å². The van der Waals surface area contributed by atoms with Gasteiger partial charge < -0.3 is 0 Å². The number of nitriles is 1. The first-order chi connectivity index (χ1) is 3.27. The van der Waals surface area contributed by atoms with E-state index in [4.69, 9.17) is 5.26 Å². The van der Waals surface area contributed by atoms with Gasteiger partial charge in [-0.15, -0.1) is 0 Å². The molecule has 3 heteroatoms. The van der Waals surface area contributed by atoms with Gasteiger partial charge in [0.1, 0.15) is 0 Å². The molecule has 2 nitrogen and oxygen atoms in total. The van der Waals surface area contributed by atoms with Gasteiger partial charge in [-0.2, -0.15) is 0 Å². The number of Topliss-reactive ketones (excluding diaryl/α,β-unsaturated/α-hetero) is 1. The summed E-state index contributed by atoms with van der Waals surface area (Å²) in [5.74, 6) is 0.113. The predicted molar refractivity (Wildman–Crippen MR) is 26.9 cm³/mol. The molecule has 0 aliphatic carbocycles. The first kappa shape index (κ1) is 6.68. The number of carbonyl (C=O) groups is 1. The standard InChI is InChI=1S/C4H5NOSe/c1-4(6)2-7-3-5/h2H2,1H3. The van der Waals surface area contributed by atoms with E-state index in [9.17, 15) is 4.79 Å². The van der Waals surface area contributed by atoms with Crippen LogP contribution in [-0.2, 0) is 4.79 Å². The van der Waals surface area contributed by atoms with Crippen LogP contribution < -0.4 is 0 Å². The van der Waals surface area contributed by atoms with Crippen LogP contribution in [0.2, 0.25) is 5.32 Å². The second-order valence-electron chi connectivity index (χ2n) is 1.08. The molecule has 0 unspecified atom stereocenters. The number of hydrogen-bond acceptors (Lipinski definition) is 2. The summed E-state index contributed by atoms with van der Waals surface area (Å²) >= 11 is -0.105. The normalized spacial score (nSPS) is 7.43. The Bertz CT molecular complexity index is 105. The van der Waals surface area contributed by atoms with Gasteiger partial charge in [0.05, 0.1) is 0 Å². The SMILES string of the molecule is CC(=O)C[Se]C#N. The minimum atomic E-state index is -0.105. The molecule has 0 saturated carbocycles. The van der Waals surface area contributed by atoms with Crippen LogP contribution in [0.5, 0.6) is 0 Å². The molecule has 0 rings (SSSR count). The Morgan fingerprint density at radius 2 is 2.57 bits per heavy atom. The third-order valence-corrected chi connectivity index (χ3v) is 1.77. The van der Waals surface area contributed by atoms with Crippen LogP contribution in [0.4, 0.5) is 0 Å². The van der Waals surface area contributed by atoms with Crippen LogP contribution in [0.25, 0.3) is 0 Å². The zero-order chi connectivity index (χ0) is 5.70. The zero-order valence-corrected chi connectivity index (χ0v) is 5.68. The van der Waals surface area contributed by atoms with E-state index in [1.807, 2.05) is 4.97 Å². The molecule has 0 N–H and O–H groups in total. The molecule has 0 aliphatic rings. The summed E-state index contributed by atoms with van der Waals surface area (Å²) in [5.41, 5.74) is 0. The Morgan fingerprint density at radius 1 is 2.00 bits per heavy atom. The van der Waals surface area contributed by atoms with Gasteiger partial charge in [-0.1, -0.05) is 0 Å². The monoisotopic (exact) mass is 163 g/mol. The van der Waals surface area contributed by atoms with Crippen LogP contribution in [0.15, 0.2) is 0 Å². The first-order valence-corrected chi connectivity index (χ1v) is 3.84. The van der Waals surface area contributed by atoms with Gasteiger partial charge >= 0.3 is 48.0 Å². The van der Waals surface area contributed by atoms with E-state index in [1.54, 1.807) is 0 Å². The van der Waals surface area contributed by atoms with Gasteiger partial charge in [-0.05, 0) is 0 Å². The van der Waals surface area contributed by atoms with Crippen molar-refractivity contribution in [3.8, 4) is 4.97 Å². The maximum absolute atomic E-state index is 10.1. The van der Waals surface area contributed by atoms with Crippen LogP contribution >= 0.6 is 0 Å². The molecule has 0 saturated heterocycles. The molecular weight excluding hydrogens is 157 g/mol. The van der Waals surface area contributed by atoms with Gasteiger partial charge in [-0.3, -0.25) is 0 Å². The third kappa shape index (κ3) is 5.68. The topological polar surface area (TPSA) is 40.9 Å². The van der Waals surface area contributed by atoms with Gasteiger partial charge in [0.25, 0.3) is 0 Å². The Morgan fingerprint density at radius 3 is 2.71 bits per heavy atom. The van der Waals surface area contributed by atoms with Crippen molar-refractivity contribution in [3.63, 3.8) is 0 Å². The molecule has 0 aromatic carbocycles. The molecule has 38 valence electrons. The van der Waals surface area contributed by atoms with Gasteiger partial charge in [0, 0.05) is 0 Å². The second kappa shape index (κ2) is 3.86. The van der Waals surface area contributed by atoms with Crippen molar-refractivity contribution in [2.24, 2.45) is 0 Å². The fourth-order valence-corrected chi connectivity index (χ4v) is 0.696. The van der Waals surface area contributed by atoms with E-state index in [-0.39, 0.29) is 20.7 Å². The van der Waals surface area contributed by atoms with E-state index >= 15 is 0 Å². The molecule has 0 bridgehead atoms. The van der Waals surface area contributed by atoms with Crippen molar-refractivity contribution >= 4 is 20.7 Å². The molecular formula is C4H5NOSe. The first-order valence-electron chi connectivity index (χ1n) is 1.77. The molecule has 0 amide bonds. The van der Waals surface area contributed by atoms with E-state index in [0.717, 1.165) is 0 Å². The van der Waals surface area contributed by atoms with Crippen molar-refractivity contribution in [3.05, 3.63) is 0 Å². The Labute approximate surface area is 48.7 Å². The molecule has 0 fully saturated rings. The van der Waals surface area contributed by atoms with E-state index in [0.29, 0.717) is 5.32 Å². The van der Waals surface area contributed by atoms with Gasteiger partial charge in [-0.25, -0.2) is 0 Å². The number of rotatable bonds is 2. The number of carbonyl (C=O) groups excluding carboxylic acids is 1. The molecule has 0 aliphatic heterocycles. The quantitative estimate of drug-likeness (QED) is 0.543. The van der Waals surface area contributed by atoms with Crippen molar-refractivity contribution in [2.75, 3.05) is 0 Å². The van der Waals surface area contributed by atoms with Crippen LogP contribution in [0.3, 0.4) is 0 Å². The van der Waals surface area contributed by atoms with Crippen molar-refractivity contribution in [2.45, 2.75) is 12.2 Å². The average Bonchev–Trinajstić information content (AvgIpc) is 1.61. The number of nitrogens with zero attached hydrogens (tertiary/aromatic N) is 1. The Balaban J connectivity index is 3.02. The summed E-state index contributed by atoms with van der Waals surface area (Å²) in [6.45, 7) is 1.50. The fourth-order valence-electron chi connectivity index (χ4n) is 0.134. The summed E-state index contributed by atoms with van der Waals surface area (Å²) in [5, 5.41) is 8.40. The van der Waals surface area contributed by atoms with Crippen molar-refractivity contribution in [1.29, 1.82) is 5.26 Å². The molecule has 0 radical (unpaired) electrons. The molecule has 0 aromatic rings. The number of ketones is 1. The molecule has 0 atom stereocenters. The van der Waals surface area contributed by atoms with E-state index < -0.39 is 0 Å². The molecule has 7 heavy (non-hydrogen) atoms. The molecule has 0 spiro atoms. The molecule has 0 aromatic heterocycles. The summed E-state index contributed by atoms with van der Waals surface area (Å²) in [6, 6.07) is 0. The number of hydrogen-bond donors (Lipinski definition) is 0. The summed E-state index contributed by atoms with van der Waals surface area (Å²) in [6.07, 6.45) is 0. The van der Waals surface area contributed by atoms with Gasteiger partial charge in [0.15, 0.2) is 0 Å². The van der Waals surface area contributed by atoms with Crippen molar-refractivity contribution < 1.29 is 4.79 Å². The Hall–Kier alpha value is -0.321. The Kier molecular flexibility index (Phi) is 3.68. The summed E-state index contributed by atoms with van der Waals surface area (Å²) in [4.78, 5) is 12.0. The maximum atomic E-state index is 10.1. The second-order valence-corrected chi connectivity index (χ2v) is 2.68. The van der Waals surface area contributed by atoms with Crippen molar-refractivity contribution in [1.82, 2.24) is 0 Å². The predicted octanol–water partition coefficient (Wildman–Crippen LogP) is 0.179. The zero-order valence-electron chi connectivity index (χ0n) is 3.97. The summed E-state index contributed by atoms with van der Waals surface area (Å²) in [7, 11) is 0. The summed E-state index contributed by atoms with van der Waals surface area (Å²) < 4.78 is 0. The van der Waals surface area contributed by atoms with Gasteiger partial charge in [0.2, 0.25) is 0 Å². The third-order valence-electron chi connectivity index (χ3n) is 0.340. The molecule has 0 heterocycles. The fraction of sp³-hybridized carbons (Fsp3) is 0.500. The average molecular weight is 162 g/mol. The van der Waals surface area contributed by atoms with Crippen LogP contribution in [-0.4, -0.2) is 20.7 Å². The van der Waals surface area contributed by atoms with E-state index in [1.165, 1.54) is 6.92 Å². The minimum absolute atomic E-state index is 0.105. The van der Waals surface area contributed by atoms with Crippen LogP contribution in [0, 0.1) is 10.2 Å². The van der Waals surface area contributed by atoms with Crippen LogP contribution in [0.1, 0.15) is 6.92 Å².